The Labute approximate surface area is 87.0 Å². The van der Waals surface area contributed by atoms with E-state index in [9.17, 15) is 0 Å². The van der Waals surface area contributed by atoms with Gasteiger partial charge in [-0.05, 0) is 5.56 Å². The molecule has 0 fully saturated rings. The fraction of sp³-hybridized carbons (Fsp3) is 0. The van der Waals surface area contributed by atoms with Crippen LogP contribution in [0.15, 0.2) is 36.5 Å². The van der Waals surface area contributed by atoms with Crippen LogP contribution in [0.4, 0.5) is 5.82 Å². The Morgan fingerprint density at radius 1 is 1.21 bits per heavy atom. The zero-order valence-corrected chi connectivity index (χ0v) is 7.94. The summed E-state index contributed by atoms with van der Waals surface area (Å²) in [5.74, 6) is 0.381. The van der Waals surface area contributed by atoms with E-state index < -0.39 is 0 Å². The molecule has 0 saturated heterocycles. The molecule has 0 bridgehead atoms. The quantitative estimate of drug-likeness (QED) is 0.644. The SMILES string of the molecule is N#[N+]c1[nH]ncc1-c1ccccc1.[Cl-]. The van der Waals surface area contributed by atoms with Gasteiger partial charge in [-0.25, -0.2) is 0 Å². The molecule has 70 valence electrons. The highest BCUT2D eigenvalue weighted by atomic mass is 35.5. The molecule has 1 aromatic heterocycles. The highest BCUT2D eigenvalue weighted by Gasteiger charge is 2.15. The first-order valence-electron chi connectivity index (χ1n) is 3.85. The Hall–Kier alpha value is -1.86. The molecule has 4 nitrogen and oxygen atoms in total. The van der Waals surface area contributed by atoms with Crippen LogP contribution in [-0.2, 0) is 0 Å². The lowest BCUT2D eigenvalue weighted by molar-refractivity contribution is -0.00000289. The van der Waals surface area contributed by atoms with Crippen molar-refractivity contribution in [2.45, 2.75) is 0 Å². The standard InChI is InChI=1S/C9H7N4.ClH/c10-12-9-8(6-11-13-9)7-4-2-1-3-5-7;/h1-6H,(H,11,13);1H/q+1;/p-1. The predicted octanol–water partition coefficient (Wildman–Crippen LogP) is -0.435. The minimum absolute atomic E-state index is 0. The maximum Gasteiger partial charge on any atom is 0.451 e. The van der Waals surface area contributed by atoms with Gasteiger partial charge in [-0.2, -0.15) is 0 Å². The summed E-state index contributed by atoms with van der Waals surface area (Å²) < 4.78 is 0. The summed E-state index contributed by atoms with van der Waals surface area (Å²) in [5, 5.41) is 15.0. The van der Waals surface area contributed by atoms with E-state index in [2.05, 4.69) is 15.2 Å². The number of nitrogens with zero attached hydrogens (tertiary/aromatic N) is 3. The summed E-state index contributed by atoms with van der Waals surface area (Å²) in [6.07, 6.45) is 1.63. The predicted molar refractivity (Wildman–Crippen MR) is 48.8 cm³/mol. The average Bonchev–Trinajstić information content (AvgIpc) is 2.67. The summed E-state index contributed by atoms with van der Waals surface area (Å²) in [4.78, 5) is 3.09. The smallest absolute Gasteiger partial charge is 0.451 e. The second-order valence-electron chi connectivity index (χ2n) is 2.60. The maximum absolute atomic E-state index is 8.62. The molecule has 14 heavy (non-hydrogen) atoms. The number of rotatable bonds is 1. The largest absolute Gasteiger partial charge is 1.00 e. The lowest BCUT2D eigenvalue weighted by Gasteiger charge is -1.90. The third kappa shape index (κ3) is 1.73. The first-order valence-corrected chi connectivity index (χ1v) is 3.85. The highest BCUT2D eigenvalue weighted by Crippen LogP contribution is 2.26. The molecule has 1 N–H and O–H groups in total. The number of aromatic nitrogens is 2. The van der Waals surface area contributed by atoms with Crippen LogP contribution in [0, 0.1) is 5.39 Å². The van der Waals surface area contributed by atoms with Crippen LogP contribution in [0.1, 0.15) is 0 Å². The number of H-pyrrole nitrogens is 1. The molecule has 5 heteroatoms. The fourth-order valence-electron chi connectivity index (χ4n) is 1.18. The Morgan fingerprint density at radius 2 is 1.93 bits per heavy atom. The van der Waals surface area contributed by atoms with Crippen LogP contribution in [0.5, 0.6) is 0 Å². The Bertz CT molecular complexity index is 443. The zero-order valence-electron chi connectivity index (χ0n) is 7.18. The van der Waals surface area contributed by atoms with Gasteiger partial charge in [0.2, 0.25) is 0 Å². The van der Waals surface area contributed by atoms with E-state index in [1.54, 1.807) is 6.20 Å². The number of hydrogen-bond donors (Lipinski definition) is 1. The monoisotopic (exact) mass is 206 g/mol. The lowest BCUT2D eigenvalue weighted by Crippen LogP contribution is -3.00. The van der Waals surface area contributed by atoms with Crippen molar-refractivity contribution in [2.24, 2.45) is 0 Å². The molecule has 0 aliphatic rings. The number of aromatic amines is 1. The molecular weight excluding hydrogens is 200 g/mol. The second kappa shape index (κ2) is 4.40. The summed E-state index contributed by atoms with van der Waals surface area (Å²) in [5.41, 5.74) is 1.77. The van der Waals surface area contributed by atoms with Gasteiger partial charge in [-0.15, -0.1) is 5.10 Å². The zero-order chi connectivity index (χ0) is 9.10. The van der Waals surface area contributed by atoms with Crippen LogP contribution in [0.2, 0.25) is 0 Å². The minimum atomic E-state index is 0. The molecule has 0 saturated carbocycles. The van der Waals surface area contributed by atoms with Crippen molar-refractivity contribution in [1.82, 2.24) is 10.2 Å². The maximum atomic E-state index is 8.62. The molecule has 2 rings (SSSR count). The summed E-state index contributed by atoms with van der Waals surface area (Å²) in [6.45, 7) is 0. The molecule has 0 amide bonds. The van der Waals surface area contributed by atoms with E-state index in [0.717, 1.165) is 11.1 Å². The third-order valence-corrected chi connectivity index (χ3v) is 1.80. The van der Waals surface area contributed by atoms with Crippen molar-refractivity contribution in [2.75, 3.05) is 0 Å². The van der Waals surface area contributed by atoms with Crippen molar-refractivity contribution in [3.05, 3.63) is 41.5 Å². The Balaban J connectivity index is 0.000000980. The summed E-state index contributed by atoms with van der Waals surface area (Å²) in [7, 11) is 0. The van der Waals surface area contributed by atoms with E-state index in [1.807, 2.05) is 30.3 Å². The first-order chi connectivity index (χ1) is 6.42. The molecule has 0 radical (unpaired) electrons. The lowest BCUT2D eigenvalue weighted by atomic mass is 10.1. The van der Waals surface area contributed by atoms with Crippen LogP contribution < -0.4 is 12.4 Å². The van der Waals surface area contributed by atoms with Crippen molar-refractivity contribution in [1.29, 1.82) is 5.39 Å². The van der Waals surface area contributed by atoms with Crippen LogP contribution in [0.3, 0.4) is 0 Å². The fourth-order valence-corrected chi connectivity index (χ4v) is 1.18. The van der Waals surface area contributed by atoms with Crippen LogP contribution >= 0.6 is 0 Å². The van der Waals surface area contributed by atoms with Crippen molar-refractivity contribution < 1.29 is 12.4 Å². The second-order valence-corrected chi connectivity index (χ2v) is 2.60. The van der Waals surface area contributed by atoms with Gasteiger partial charge in [0.1, 0.15) is 5.56 Å². The topological polar surface area (TPSA) is 56.8 Å². The van der Waals surface area contributed by atoms with Gasteiger partial charge in [0, 0.05) is 4.98 Å². The average molecular weight is 207 g/mol. The van der Waals surface area contributed by atoms with Gasteiger partial charge in [-0.3, -0.25) is 0 Å². The van der Waals surface area contributed by atoms with E-state index >= 15 is 0 Å². The van der Waals surface area contributed by atoms with Gasteiger partial charge < -0.3 is 12.4 Å². The minimum Gasteiger partial charge on any atom is -1.00 e. The van der Waals surface area contributed by atoms with Crippen molar-refractivity contribution in [3.63, 3.8) is 0 Å². The van der Waals surface area contributed by atoms with E-state index in [0.29, 0.717) is 5.82 Å². The Kier molecular flexibility index (Phi) is 3.21. The Morgan fingerprint density at radius 3 is 2.57 bits per heavy atom. The van der Waals surface area contributed by atoms with E-state index in [-0.39, 0.29) is 12.4 Å². The number of halogens is 1. The van der Waals surface area contributed by atoms with Crippen molar-refractivity contribution >= 4 is 5.82 Å². The van der Waals surface area contributed by atoms with Gasteiger partial charge in [0.05, 0.1) is 11.6 Å². The molecule has 1 heterocycles. The molecule has 0 unspecified atom stereocenters. The third-order valence-electron chi connectivity index (χ3n) is 1.80. The van der Waals surface area contributed by atoms with Crippen LogP contribution in [-0.4, -0.2) is 10.2 Å². The molecule has 0 aliphatic carbocycles. The van der Waals surface area contributed by atoms with Gasteiger partial charge >= 0.3 is 5.82 Å². The van der Waals surface area contributed by atoms with Gasteiger partial charge in [-0.1, -0.05) is 35.4 Å². The number of diazo groups is 1. The summed E-state index contributed by atoms with van der Waals surface area (Å²) in [6, 6.07) is 9.63. The van der Waals surface area contributed by atoms with Crippen LogP contribution in [0.25, 0.3) is 16.1 Å². The molecule has 2 aromatic rings. The molecule has 0 aliphatic heterocycles. The van der Waals surface area contributed by atoms with E-state index in [1.165, 1.54) is 0 Å². The summed E-state index contributed by atoms with van der Waals surface area (Å²) >= 11 is 0. The number of benzene rings is 1. The van der Waals surface area contributed by atoms with Gasteiger partial charge in [0.15, 0.2) is 0 Å². The molecule has 0 spiro atoms. The number of hydrogen-bond acceptors (Lipinski definition) is 2. The van der Waals surface area contributed by atoms with E-state index in [4.69, 9.17) is 5.39 Å². The molecular formula is C9H7ClN4. The molecule has 0 atom stereocenters. The first kappa shape index (κ1) is 10.2. The molecule has 1 aromatic carbocycles. The number of nitrogens with one attached hydrogen (secondary N) is 1. The van der Waals surface area contributed by atoms with Crippen molar-refractivity contribution in [3.8, 4) is 11.1 Å². The normalized spacial score (nSPS) is 8.79. The van der Waals surface area contributed by atoms with Gasteiger partial charge in [0.25, 0.3) is 0 Å². The highest BCUT2D eigenvalue weighted by molar-refractivity contribution is 5.74.